The maximum atomic E-state index is 12.7. The summed E-state index contributed by atoms with van der Waals surface area (Å²) in [7, 11) is 0. The highest BCUT2D eigenvalue weighted by molar-refractivity contribution is 5.77. The average Bonchev–Trinajstić information content (AvgIpc) is 3.50. The molecule has 32 heavy (non-hydrogen) atoms. The van der Waals surface area contributed by atoms with Gasteiger partial charge < -0.3 is 14.8 Å². The van der Waals surface area contributed by atoms with Crippen molar-refractivity contribution in [3.63, 3.8) is 0 Å². The standard InChI is InChI=1S/C24H23N7O/c32-22(17-30-14-12-26-23(30)18-5-2-1-3-6-18)28-20-9-13-31(16-20)24-27-11-8-21(29-24)19-7-4-10-25-15-19/h1-8,10-12,14-15,20H,9,13,16-17H2,(H,28,32). The van der Waals surface area contributed by atoms with Crippen LogP contribution in [-0.4, -0.2) is 49.5 Å². The van der Waals surface area contributed by atoms with Crippen molar-refractivity contribution in [3.8, 4) is 22.6 Å². The molecule has 4 heterocycles. The quantitative estimate of drug-likeness (QED) is 0.511. The molecule has 8 heteroatoms. The Morgan fingerprint density at radius 2 is 1.88 bits per heavy atom. The van der Waals surface area contributed by atoms with Crippen molar-refractivity contribution in [1.29, 1.82) is 0 Å². The maximum Gasteiger partial charge on any atom is 0.240 e. The number of rotatable bonds is 6. The molecule has 0 spiro atoms. The molecule has 8 nitrogen and oxygen atoms in total. The molecule has 1 aliphatic rings. The summed E-state index contributed by atoms with van der Waals surface area (Å²) in [6, 6.07) is 15.7. The molecule has 5 rings (SSSR count). The zero-order chi connectivity index (χ0) is 21.8. The number of hydrogen-bond acceptors (Lipinski definition) is 6. The van der Waals surface area contributed by atoms with E-state index in [1.54, 1.807) is 24.8 Å². The Balaban J connectivity index is 1.21. The Labute approximate surface area is 186 Å². The van der Waals surface area contributed by atoms with Crippen LogP contribution in [0.15, 0.2) is 79.5 Å². The zero-order valence-corrected chi connectivity index (χ0v) is 17.5. The fourth-order valence-corrected chi connectivity index (χ4v) is 3.95. The van der Waals surface area contributed by atoms with E-state index in [0.29, 0.717) is 12.5 Å². The van der Waals surface area contributed by atoms with Crippen LogP contribution in [0.2, 0.25) is 0 Å². The predicted molar refractivity (Wildman–Crippen MR) is 122 cm³/mol. The number of anilines is 1. The third-order valence-corrected chi connectivity index (χ3v) is 5.50. The van der Waals surface area contributed by atoms with Crippen LogP contribution in [0.5, 0.6) is 0 Å². The smallest absolute Gasteiger partial charge is 0.240 e. The summed E-state index contributed by atoms with van der Waals surface area (Å²) in [6.07, 6.45) is 9.70. The highest BCUT2D eigenvalue weighted by Gasteiger charge is 2.26. The highest BCUT2D eigenvalue weighted by atomic mass is 16.2. The second kappa shape index (κ2) is 8.97. The van der Waals surface area contributed by atoms with E-state index < -0.39 is 0 Å². The lowest BCUT2D eigenvalue weighted by Gasteiger charge is -2.18. The van der Waals surface area contributed by atoms with Gasteiger partial charge in [0.1, 0.15) is 12.4 Å². The molecule has 3 aromatic heterocycles. The van der Waals surface area contributed by atoms with Crippen molar-refractivity contribution in [2.24, 2.45) is 0 Å². The lowest BCUT2D eigenvalue weighted by Crippen LogP contribution is -2.39. The normalized spacial score (nSPS) is 15.6. The van der Waals surface area contributed by atoms with Gasteiger partial charge in [-0.25, -0.2) is 15.0 Å². The summed E-state index contributed by atoms with van der Waals surface area (Å²) in [5.41, 5.74) is 2.78. The molecule has 0 bridgehead atoms. The lowest BCUT2D eigenvalue weighted by atomic mass is 10.2. The van der Waals surface area contributed by atoms with Gasteiger partial charge in [0.2, 0.25) is 11.9 Å². The first-order chi connectivity index (χ1) is 15.8. The molecule has 1 amide bonds. The van der Waals surface area contributed by atoms with Gasteiger partial charge in [-0.2, -0.15) is 0 Å². The average molecular weight is 425 g/mol. The fraction of sp³-hybridized carbons (Fsp3) is 0.208. The summed E-state index contributed by atoms with van der Waals surface area (Å²) in [5, 5.41) is 3.15. The Morgan fingerprint density at radius 3 is 2.72 bits per heavy atom. The van der Waals surface area contributed by atoms with E-state index in [4.69, 9.17) is 4.98 Å². The summed E-state index contributed by atoms with van der Waals surface area (Å²) in [6.45, 7) is 1.70. The van der Waals surface area contributed by atoms with Gasteiger partial charge in [0, 0.05) is 61.2 Å². The first kappa shape index (κ1) is 19.9. The highest BCUT2D eigenvalue weighted by Crippen LogP contribution is 2.21. The summed E-state index contributed by atoms with van der Waals surface area (Å²) in [4.78, 5) is 32.5. The number of aromatic nitrogens is 5. The van der Waals surface area contributed by atoms with Crippen molar-refractivity contribution >= 4 is 11.9 Å². The molecule has 1 atom stereocenters. The zero-order valence-electron chi connectivity index (χ0n) is 17.5. The largest absolute Gasteiger partial charge is 0.350 e. The topological polar surface area (TPSA) is 88.8 Å². The van der Waals surface area contributed by atoms with Gasteiger partial charge in [-0.3, -0.25) is 9.78 Å². The molecule has 0 saturated carbocycles. The first-order valence-electron chi connectivity index (χ1n) is 10.6. The molecule has 1 saturated heterocycles. The number of amides is 1. The molecule has 1 aliphatic heterocycles. The predicted octanol–water partition coefficient (Wildman–Crippen LogP) is 2.80. The van der Waals surface area contributed by atoms with E-state index in [1.165, 1.54) is 0 Å². The second-order valence-corrected chi connectivity index (χ2v) is 7.73. The number of carbonyl (C=O) groups is 1. The number of benzene rings is 1. The number of nitrogens with zero attached hydrogens (tertiary/aromatic N) is 6. The van der Waals surface area contributed by atoms with E-state index in [2.05, 4.69) is 25.2 Å². The van der Waals surface area contributed by atoms with Crippen molar-refractivity contribution in [2.45, 2.75) is 19.0 Å². The van der Waals surface area contributed by atoms with Gasteiger partial charge in [0.25, 0.3) is 0 Å². The molecule has 1 unspecified atom stereocenters. The van der Waals surface area contributed by atoms with Crippen LogP contribution in [0.1, 0.15) is 6.42 Å². The van der Waals surface area contributed by atoms with Gasteiger partial charge >= 0.3 is 0 Å². The van der Waals surface area contributed by atoms with Crippen LogP contribution in [-0.2, 0) is 11.3 Å². The van der Waals surface area contributed by atoms with Crippen LogP contribution in [0.25, 0.3) is 22.6 Å². The van der Waals surface area contributed by atoms with Crippen LogP contribution in [0.3, 0.4) is 0 Å². The number of carbonyl (C=O) groups excluding carboxylic acids is 1. The van der Waals surface area contributed by atoms with Crippen molar-refractivity contribution < 1.29 is 4.79 Å². The molecule has 1 aromatic carbocycles. The van der Waals surface area contributed by atoms with Crippen LogP contribution >= 0.6 is 0 Å². The monoisotopic (exact) mass is 425 g/mol. The first-order valence-corrected chi connectivity index (χ1v) is 10.6. The maximum absolute atomic E-state index is 12.7. The van der Waals surface area contributed by atoms with Crippen LogP contribution < -0.4 is 10.2 Å². The molecule has 1 N–H and O–H groups in total. The third-order valence-electron chi connectivity index (χ3n) is 5.50. The number of pyridine rings is 1. The minimum atomic E-state index is -0.0305. The van der Waals surface area contributed by atoms with Crippen molar-refractivity contribution in [2.75, 3.05) is 18.0 Å². The molecule has 1 fully saturated rings. The minimum absolute atomic E-state index is 0.0305. The van der Waals surface area contributed by atoms with E-state index >= 15 is 0 Å². The molecule has 0 radical (unpaired) electrons. The number of nitrogens with one attached hydrogen (secondary N) is 1. The van der Waals surface area contributed by atoms with E-state index in [1.807, 2.05) is 59.3 Å². The molecular weight excluding hydrogens is 402 g/mol. The Bertz CT molecular complexity index is 1190. The summed E-state index contributed by atoms with van der Waals surface area (Å²) in [5.74, 6) is 1.43. The fourth-order valence-electron chi connectivity index (χ4n) is 3.95. The van der Waals surface area contributed by atoms with E-state index in [-0.39, 0.29) is 18.5 Å². The SMILES string of the molecule is O=C(Cn1ccnc1-c1ccccc1)NC1CCN(c2nccc(-c3cccnc3)n2)C1. The molecule has 160 valence electrons. The van der Waals surface area contributed by atoms with E-state index in [0.717, 1.165) is 35.6 Å². The number of hydrogen-bond donors (Lipinski definition) is 1. The van der Waals surface area contributed by atoms with Crippen LogP contribution in [0.4, 0.5) is 5.95 Å². The third kappa shape index (κ3) is 4.34. The van der Waals surface area contributed by atoms with E-state index in [9.17, 15) is 4.79 Å². The lowest BCUT2D eigenvalue weighted by molar-refractivity contribution is -0.122. The van der Waals surface area contributed by atoms with Crippen molar-refractivity contribution in [1.82, 2.24) is 29.8 Å². The van der Waals surface area contributed by atoms with Gasteiger partial charge in [0.05, 0.1) is 5.69 Å². The van der Waals surface area contributed by atoms with Gasteiger partial charge in [-0.05, 0) is 24.6 Å². The summed E-state index contributed by atoms with van der Waals surface area (Å²) < 4.78 is 1.87. The second-order valence-electron chi connectivity index (χ2n) is 7.73. The minimum Gasteiger partial charge on any atom is -0.350 e. The van der Waals surface area contributed by atoms with Crippen LogP contribution in [0, 0.1) is 0 Å². The Hall–Kier alpha value is -4.07. The Morgan fingerprint density at radius 1 is 1.00 bits per heavy atom. The van der Waals surface area contributed by atoms with Crippen molar-refractivity contribution in [3.05, 3.63) is 79.5 Å². The van der Waals surface area contributed by atoms with Gasteiger partial charge in [0.15, 0.2) is 0 Å². The summed E-state index contributed by atoms with van der Waals surface area (Å²) >= 11 is 0. The molecular formula is C24H23N7O. The Kier molecular flexibility index (Phi) is 5.57. The number of imidazole rings is 1. The van der Waals surface area contributed by atoms with Gasteiger partial charge in [-0.15, -0.1) is 0 Å². The molecule has 4 aromatic rings. The van der Waals surface area contributed by atoms with Gasteiger partial charge in [-0.1, -0.05) is 30.3 Å². The molecule has 0 aliphatic carbocycles.